The van der Waals surface area contributed by atoms with Crippen molar-refractivity contribution in [2.45, 2.75) is 193 Å². The molecule has 0 fully saturated rings. The predicted octanol–water partition coefficient (Wildman–Crippen LogP) is 17.7. The van der Waals surface area contributed by atoms with Crippen molar-refractivity contribution < 1.29 is 257 Å². The average Bonchev–Trinajstić information content (AvgIpc) is 0.707. The number of nitrogens with one attached hydrogen (secondary N) is 1. The molecule has 0 aliphatic rings. The van der Waals surface area contributed by atoms with Gasteiger partial charge in [-0.2, -0.15) is 224 Å². The van der Waals surface area contributed by atoms with E-state index in [1.807, 2.05) is 0 Å². The summed E-state index contributed by atoms with van der Waals surface area (Å²) in [6, 6.07) is 0. The Balaban J connectivity index is 7.87. The van der Waals surface area contributed by atoms with Crippen molar-refractivity contribution in [3.63, 3.8) is 0 Å². The number of alkyl halides is 51. The summed E-state index contributed by atoms with van der Waals surface area (Å²) in [5.41, 5.74) is 1.60. The van der Waals surface area contributed by atoms with E-state index in [0.717, 1.165) is 0 Å². The van der Waals surface area contributed by atoms with Crippen LogP contribution in [0, 0.1) is 0 Å². The molecule has 0 spiro atoms. The largest absolute Gasteiger partial charge is 0.460 e. The molecular weight excluding hydrogens is 1660 g/mol. The molecule has 0 aromatic heterocycles. The Morgan fingerprint density at radius 3 is 0.604 bits per heavy atom. The van der Waals surface area contributed by atoms with Crippen LogP contribution < -0.4 is 11.1 Å². The second-order valence-electron chi connectivity index (χ2n) is 21.6. The summed E-state index contributed by atoms with van der Waals surface area (Å²) < 4.78 is 733. The second kappa shape index (κ2) is 32.4. The van der Waals surface area contributed by atoms with E-state index in [9.17, 15) is 229 Å². The number of nitrogens with two attached hydrogens (primary N) is 1. The van der Waals surface area contributed by atoms with E-state index in [4.69, 9.17) is 19.9 Å². The molecule has 636 valence electrons. The van der Waals surface area contributed by atoms with Gasteiger partial charge in [-0.25, -0.2) is 0 Å². The van der Waals surface area contributed by atoms with Gasteiger partial charge in [0.25, 0.3) is 0 Å². The van der Waals surface area contributed by atoms with Gasteiger partial charge >= 0.3 is 143 Å². The number of carbonyl (C=O) groups is 1. The van der Waals surface area contributed by atoms with Crippen molar-refractivity contribution in [2.75, 3.05) is 85.8 Å². The minimum Gasteiger partial charge on any atom is -0.379 e. The van der Waals surface area contributed by atoms with Gasteiger partial charge in [0.2, 0.25) is 5.91 Å². The molecule has 0 unspecified atom stereocenters. The van der Waals surface area contributed by atoms with Gasteiger partial charge in [0.1, 0.15) is 5.54 Å². The maximum atomic E-state index is 14.7. The molecule has 0 aromatic rings. The normalized spacial score (nSPS) is 16.0. The zero-order chi connectivity index (χ0) is 85.2. The molecule has 0 rings (SSSR count). The first kappa shape index (κ1) is 102. The number of hydrogen-bond donors (Lipinski definition) is 2. The van der Waals surface area contributed by atoms with Crippen LogP contribution in [0.3, 0.4) is 0 Å². The summed E-state index contributed by atoms with van der Waals surface area (Å²) >= 11 is 0. The zero-order valence-electron chi connectivity index (χ0n) is 50.4. The molecule has 0 aliphatic carbocycles. The Morgan fingerprint density at radius 1 is 0.226 bits per heavy atom. The Morgan fingerprint density at radius 2 is 0.406 bits per heavy atom. The highest BCUT2D eigenvalue weighted by atomic mass is 19.5. The van der Waals surface area contributed by atoms with E-state index in [1.54, 1.807) is 0 Å². The lowest BCUT2D eigenvalue weighted by Crippen LogP contribution is -2.74. The Hall–Kier alpha value is -4.38. The van der Waals surface area contributed by atoms with Crippen molar-refractivity contribution in [1.82, 2.24) is 5.32 Å². The summed E-state index contributed by atoms with van der Waals surface area (Å²) in [4.78, 5) is 13.2. The van der Waals surface area contributed by atoms with Crippen LogP contribution in [0.5, 0.6) is 0 Å². The van der Waals surface area contributed by atoms with E-state index >= 15 is 0 Å². The summed E-state index contributed by atoms with van der Waals surface area (Å²) in [5, 5.41) is 1.43. The molecule has 0 radical (unpaired) electrons. The molecule has 0 saturated carbocycles. The number of hydrogen-bond acceptors (Lipinski definition) is 8. The van der Waals surface area contributed by atoms with E-state index in [0.29, 0.717) is 0 Å². The van der Waals surface area contributed by atoms with Gasteiger partial charge < -0.3 is 39.5 Å². The van der Waals surface area contributed by atoms with Crippen LogP contribution in [0.1, 0.15) is 44.9 Å². The predicted molar refractivity (Wildman–Crippen MR) is 239 cm³/mol. The van der Waals surface area contributed by atoms with E-state index < -0.39 is 259 Å². The third-order valence-electron chi connectivity index (χ3n) is 13.7. The average molecular weight is 1700 g/mol. The third kappa shape index (κ3) is 18.1. The van der Waals surface area contributed by atoms with Crippen LogP contribution in [-0.2, 0) is 33.2 Å². The highest BCUT2D eigenvalue weighted by molar-refractivity contribution is 5.77. The molecular formula is C46H43F51N2O7. The van der Waals surface area contributed by atoms with E-state index in [2.05, 4.69) is 14.2 Å². The van der Waals surface area contributed by atoms with Gasteiger partial charge in [0.15, 0.2) is 0 Å². The van der Waals surface area contributed by atoms with Crippen LogP contribution in [0.25, 0.3) is 0 Å². The van der Waals surface area contributed by atoms with Gasteiger partial charge in [-0.05, 0) is 19.3 Å². The number of amides is 1. The molecule has 0 aliphatic heterocycles. The summed E-state index contributed by atoms with van der Waals surface area (Å²) in [5.74, 6) is -184. The quantitative estimate of drug-likeness (QED) is 0.0458. The Labute approximate surface area is 553 Å². The summed E-state index contributed by atoms with van der Waals surface area (Å²) in [6.45, 7) is -16.1. The topological polar surface area (TPSA) is 111 Å². The molecule has 0 atom stereocenters. The SMILES string of the molecule is NCCOCCOCCOCCC(=O)NC(COCCCC(F)(F)C(F)(F)C(F)(F)C(F)(F)C(F)(F)C(F)(F)C(F)(F)C(F)(F)F)(COCCCC(F)(F)C(F)(F)C(F)(F)C(F)(F)C(F)(F)C(F)(F)C(F)(F)C(F)(F)F)COCCCC(F)(F)C(F)(F)C(F)(F)C(F)(F)C(F)(F)C(F)(F)C(F)(F)C(F)(F)F. The van der Waals surface area contributed by atoms with E-state index in [1.165, 1.54) is 5.32 Å². The van der Waals surface area contributed by atoms with Crippen molar-refractivity contribution in [3.8, 4) is 0 Å². The van der Waals surface area contributed by atoms with Crippen LogP contribution in [0.15, 0.2) is 0 Å². The van der Waals surface area contributed by atoms with Crippen LogP contribution in [-0.4, -0.2) is 240 Å². The molecule has 3 N–H and O–H groups in total. The number of rotatable bonds is 48. The Bertz CT molecular complexity index is 2520. The van der Waals surface area contributed by atoms with Gasteiger partial charge in [-0.15, -0.1) is 0 Å². The molecule has 9 nitrogen and oxygen atoms in total. The molecule has 60 heteroatoms. The first-order valence-electron chi connectivity index (χ1n) is 26.9. The fraction of sp³-hybridized carbons (Fsp3) is 0.978. The monoisotopic (exact) mass is 1700 g/mol. The first-order chi connectivity index (χ1) is 46.3. The van der Waals surface area contributed by atoms with Crippen molar-refractivity contribution in [3.05, 3.63) is 0 Å². The van der Waals surface area contributed by atoms with Crippen molar-refractivity contribution in [1.29, 1.82) is 0 Å². The fourth-order valence-electron chi connectivity index (χ4n) is 7.43. The summed E-state index contributed by atoms with van der Waals surface area (Å²) in [7, 11) is 0. The number of carbonyl (C=O) groups excluding carboxylic acids is 1. The first-order valence-corrected chi connectivity index (χ1v) is 26.9. The Kier molecular flexibility index (Phi) is 31.0. The second-order valence-corrected chi connectivity index (χ2v) is 21.6. The van der Waals surface area contributed by atoms with Crippen molar-refractivity contribution >= 4 is 5.91 Å². The maximum Gasteiger partial charge on any atom is 0.460 e. The zero-order valence-corrected chi connectivity index (χ0v) is 50.4. The summed E-state index contributed by atoms with van der Waals surface area (Å²) in [6.07, 6.45) is -43.7. The molecule has 1 amide bonds. The highest BCUT2D eigenvalue weighted by Gasteiger charge is 2.98. The van der Waals surface area contributed by atoms with Gasteiger partial charge in [-0.1, -0.05) is 0 Å². The highest BCUT2D eigenvalue weighted by Crippen LogP contribution is 2.68. The molecule has 0 heterocycles. The lowest BCUT2D eigenvalue weighted by atomic mass is 9.88. The minimum absolute atomic E-state index is 0.0367. The van der Waals surface area contributed by atoms with Crippen molar-refractivity contribution in [2.24, 2.45) is 5.73 Å². The van der Waals surface area contributed by atoms with Gasteiger partial charge in [0.05, 0.1) is 59.5 Å². The smallest absolute Gasteiger partial charge is 0.379 e. The standard InChI is InChI=1S/C46H43F51N2O7/c47-23(48,26(53,54)29(59,60)32(65,66)35(71,72)38(77,78)41(83,84)44(89,90)91)5-1-9-104-18-22(99-21(100)4-12-101-14-16-103-17-15-102-13-8-98,19-105-10-2-6-24(49,50)27(55,56)30(61,62)33(67,68)36(73,74)39(79,80)42(85,86)45(92,93)94)20-106-11-3-7-25(51,52)28(57,58)31(63,64)34(69,70)37(75,76)40(81,82)43(87,88)46(95,96)97/h1-20,98H2,(H,99,100). The molecule has 0 saturated heterocycles. The van der Waals surface area contributed by atoms with Gasteiger partial charge in [-0.3, -0.25) is 4.79 Å². The van der Waals surface area contributed by atoms with Crippen LogP contribution in [0.2, 0.25) is 0 Å². The van der Waals surface area contributed by atoms with Gasteiger partial charge in [0, 0.05) is 52.0 Å². The lowest BCUT2D eigenvalue weighted by molar-refractivity contribution is -0.461. The molecule has 0 bridgehead atoms. The van der Waals surface area contributed by atoms with E-state index in [-0.39, 0.29) is 26.4 Å². The fourth-order valence-corrected chi connectivity index (χ4v) is 7.43. The number of halogens is 51. The maximum absolute atomic E-state index is 14.7. The number of ether oxygens (including phenoxy) is 6. The minimum atomic E-state index is -9.20. The third-order valence-corrected chi connectivity index (χ3v) is 13.7. The lowest BCUT2D eigenvalue weighted by Gasteiger charge is -2.42. The van der Waals surface area contributed by atoms with Crippen LogP contribution >= 0.6 is 0 Å². The molecule has 106 heavy (non-hydrogen) atoms. The molecule has 0 aromatic carbocycles. The van der Waals surface area contributed by atoms with Crippen LogP contribution in [0.4, 0.5) is 224 Å².